The van der Waals surface area contributed by atoms with Gasteiger partial charge in [0, 0.05) is 5.92 Å². The average molecular weight is 278 g/mol. The van der Waals surface area contributed by atoms with Crippen LogP contribution in [0.4, 0.5) is 0 Å². The van der Waals surface area contributed by atoms with Crippen molar-refractivity contribution in [2.24, 2.45) is 17.8 Å². The highest BCUT2D eigenvalue weighted by molar-refractivity contribution is 5.53. The molecule has 0 amide bonds. The van der Waals surface area contributed by atoms with Crippen molar-refractivity contribution in [1.29, 1.82) is 0 Å². The number of hydrogen-bond acceptors (Lipinski definition) is 2. The summed E-state index contributed by atoms with van der Waals surface area (Å²) >= 11 is 0. The summed E-state index contributed by atoms with van der Waals surface area (Å²) in [6, 6.07) is 0. The maximum Gasteiger partial charge on any atom is 0.123 e. The molecule has 3 aliphatic rings. The fourth-order valence-corrected chi connectivity index (χ4v) is 4.76. The van der Waals surface area contributed by atoms with E-state index in [1.54, 1.807) is 0 Å². The SMILES string of the molecule is O=CC1CC(C2CCCCC2)OC(C2CCCCC2)C1. The molecule has 114 valence electrons. The van der Waals surface area contributed by atoms with E-state index in [2.05, 4.69) is 0 Å². The number of ether oxygens (including phenoxy) is 1. The Hall–Kier alpha value is -0.370. The molecule has 2 unspecified atom stereocenters. The topological polar surface area (TPSA) is 26.3 Å². The highest BCUT2D eigenvalue weighted by Crippen LogP contribution is 2.40. The van der Waals surface area contributed by atoms with Gasteiger partial charge in [-0.3, -0.25) is 0 Å². The van der Waals surface area contributed by atoms with Gasteiger partial charge < -0.3 is 9.53 Å². The van der Waals surface area contributed by atoms with Crippen LogP contribution in [0.2, 0.25) is 0 Å². The molecule has 3 fully saturated rings. The van der Waals surface area contributed by atoms with Crippen molar-refractivity contribution in [2.75, 3.05) is 0 Å². The molecular formula is C18H30O2. The summed E-state index contributed by atoms with van der Waals surface area (Å²) < 4.78 is 6.54. The highest BCUT2D eigenvalue weighted by atomic mass is 16.5. The Kier molecular flexibility index (Phi) is 5.14. The summed E-state index contributed by atoms with van der Waals surface area (Å²) in [4.78, 5) is 11.4. The number of carbonyl (C=O) groups is 1. The van der Waals surface area contributed by atoms with Gasteiger partial charge in [-0.2, -0.15) is 0 Å². The van der Waals surface area contributed by atoms with Gasteiger partial charge in [0.2, 0.25) is 0 Å². The first-order valence-corrected chi connectivity index (χ1v) is 8.97. The van der Waals surface area contributed by atoms with Gasteiger partial charge in [0.05, 0.1) is 12.2 Å². The number of rotatable bonds is 3. The van der Waals surface area contributed by atoms with Crippen LogP contribution >= 0.6 is 0 Å². The van der Waals surface area contributed by atoms with Crippen LogP contribution in [0.1, 0.15) is 77.0 Å². The van der Waals surface area contributed by atoms with E-state index in [1.807, 2.05) is 0 Å². The molecule has 2 saturated carbocycles. The molecule has 0 aromatic heterocycles. The van der Waals surface area contributed by atoms with Crippen LogP contribution < -0.4 is 0 Å². The maximum atomic E-state index is 11.4. The molecule has 2 atom stereocenters. The second-order valence-corrected chi connectivity index (χ2v) is 7.38. The second kappa shape index (κ2) is 7.06. The second-order valence-electron chi connectivity index (χ2n) is 7.38. The van der Waals surface area contributed by atoms with E-state index < -0.39 is 0 Å². The summed E-state index contributed by atoms with van der Waals surface area (Å²) in [6.07, 6.45) is 17.5. The Labute approximate surface area is 123 Å². The van der Waals surface area contributed by atoms with E-state index >= 15 is 0 Å². The van der Waals surface area contributed by atoms with Crippen molar-refractivity contribution in [1.82, 2.24) is 0 Å². The Balaban J connectivity index is 1.63. The predicted octanol–water partition coefficient (Wildman–Crippen LogP) is 4.51. The summed E-state index contributed by atoms with van der Waals surface area (Å²) in [7, 11) is 0. The van der Waals surface area contributed by atoms with Gasteiger partial charge in [-0.25, -0.2) is 0 Å². The minimum atomic E-state index is 0.266. The van der Waals surface area contributed by atoms with E-state index in [0.717, 1.165) is 24.7 Å². The normalized spacial score (nSPS) is 37.7. The smallest absolute Gasteiger partial charge is 0.123 e. The zero-order valence-electron chi connectivity index (χ0n) is 12.8. The van der Waals surface area contributed by atoms with Crippen LogP contribution in [0.3, 0.4) is 0 Å². The largest absolute Gasteiger partial charge is 0.374 e. The van der Waals surface area contributed by atoms with Crippen LogP contribution in [0.15, 0.2) is 0 Å². The summed E-state index contributed by atoms with van der Waals surface area (Å²) in [6.45, 7) is 0. The molecule has 20 heavy (non-hydrogen) atoms. The lowest BCUT2D eigenvalue weighted by Gasteiger charge is -2.42. The molecule has 2 heteroatoms. The third-order valence-electron chi connectivity index (χ3n) is 5.96. The molecule has 2 nitrogen and oxygen atoms in total. The number of aldehydes is 1. The minimum absolute atomic E-state index is 0.266. The van der Waals surface area contributed by atoms with Gasteiger partial charge in [-0.1, -0.05) is 38.5 Å². The fourth-order valence-electron chi connectivity index (χ4n) is 4.76. The molecular weight excluding hydrogens is 248 g/mol. The van der Waals surface area contributed by atoms with Crippen molar-refractivity contribution in [3.8, 4) is 0 Å². The lowest BCUT2D eigenvalue weighted by molar-refractivity contribution is -0.139. The van der Waals surface area contributed by atoms with Crippen LogP contribution in [0.5, 0.6) is 0 Å². The zero-order valence-corrected chi connectivity index (χ0v) is 12.8. The Bertz CT molecular complexity index is 277. The van der Waals surface area contributed by atoms with Crippen LogP contribution in [0, 0.1) is 17.8 Å². The molecule has 3 rings (SSSR count). The van der Waals surface area contributed by atoms with Gasteiger partial charge in [0.15, 0.2) is 0 Å². The molecule has 0 aromatic carbocycles. The minimum Gasteiger partial charge on any atom is -0.374 e. The third kappa shape index (κ3) is 3.44. The molecule has 2 aliphatic carbocycles. The molecule has 0 N–H and O–H groups in total. The molecule has 0 bridgehead atoms. The monoisotopic (exact) mass is 278 g/mol. The standard InChI is InChI=1S/C18H30O2/c19-13-14-11-17(15-7-3-1-4-8-15)20-18(12-14)16-9-5-2-6-10-16/h13-18H,1-12H2. The number of carbonyl (C=O) groups excluding carboxylic acids is 1. The van der Waals surface area contributed by atoms with Crippen molar-refractivity contribution in [3.05, 3.63) is 0 Å². The average Bonchev–Trinajstić information content (AvgIpc) is 2.56. The van der Waals surface area contributed by atoms with Crippen LogP contribution in [-0.2, 0) is 9.53 Å². The maximum absolute atomic E-state index is 11.4. The van der Waals surface area contributed by atoms with Crippen molar-refractivity contribution < 1.29 is 9.53 Å². The lowest BCUT2D eigenvalue weighted by Crippen LogP contribution is -2.42. The van der Waals surface area contributed by atoms with E-state index in [-0.39, 0.29) is 5.92 Å². The van der Waals surface area contributed by atoms with Crippen molar-refractivity contribution in [3.63, 3.8) is 0 Å². The Morgan fingerprint density at radius 3 is 1.55 bits per heavy atom. The predicted molar refractivity (Wildman–Crippen MR) is 80.6 cm³/mol. The summed E-state index contributed by atoms with van der Waals surface area (Å²) in [5.74, 6) is 1.73. The fraction of sp³-hybridized carbons (Fsp3) is 0.944. The molecule has 1 heterocycles. The Morgan fingerprint density at radius 2 is 1.15 bits per heavy atom. The first-order chi connectivity index (χ1) is 9.86. The van der Waals surface area contributed by atoms with Gasteiger partial charge in [-0.05, 0) is 50.4 Å². The lowest BCUT2D eigenvalue weighted by atomic mass is 9.76. The highest BCUT2D eigenvalue weighted by Gasteiger charge is 2.37. The molecule has 0 radical (unpaired) electrons. The van der Waals surface area contributed by atoms with Gasteiger partial charge >= 0.3 is 0 Å². The van der Waals surface area contributed by atoms with E-state index in [1.165, 1.54) is 70.5 Å². The van der Waals surface area contributed by atoms with Gasteiger partial charge in [-0.15, -0.1) is 0 Å². The van der Waals surface area contributed by atoms with Crippen LogP contribution in [-0.4, -0.2) is 18.5 Å². The molecule has 0 spiro atoms. The first-order valence-electron chi connectivity index (χ1n) is 8.97. The van der Waals surface area contributed by atoms with Gasteiger partial charge in [0.25, 0.3) is 0 Å². The van der Waals surface area contributed by atoms with E-state index in [4.69, 9.17) is 4.74 Å². The number of hydrogen-bond donors (Lipinski definition) is 0. The molecule has 1 saturated heterocycles. The summed E-state index contributed by atoms with van der Waals surface area (Å²) in [5.41, 5.74) is 0. The van der Waals surface area contributed by atoms with Crippen LogP contribution in [0.25, 0.3) is 0 Å². The third-order valence-corrected chi connectivity index (χ3v) is 5.96. The van der Waals surface area contributed by atoms with E-state index in [0.29, 0.717) is 12.2 Å². The van der Waals surface area contributed by atoms with E-state index in [9.17, 15) is 4.79 Å². The van der Waals surface area contributed by atoms with Gasteiger partial charge in [0.1, 0.15) is 6.29 Å². The quantitative estimate of drug-likeness (QED) is 0.710. The Morgan fingerprint density at radius 1 is 0.700 bits per heavy atom. The first kappa shape index (κ1) is 14.6. The van der Waals surface area contributed by atoms with Crippen molar-refractivity contribution in [2.45, 2.75) is 89.3 Å². The van der Waals surface area contributed by atoms with Crippen molar-refractivity contribution >= 4 is 6.29 Å². The zero-order chi connectivity index (χ0) is 13.8. The summed E-state index contributed by atoms with van der Waals surface area (Å²) in [5, 5.41) is 0. The molecule has 0 aromatic rings. The molecule has 1 aliphatic heterocycles.